The average Bonchev–Trinajstić information content (AvgIpc) is 3.30. The van der Waals surface area contributed by atoms with Crippen molar-refractivity contribution in [1.29, 1.82) is 0 Å². The molecule has 6 fully saturated rings. The molecule has 0 aliphatic heterocycles. The van der Waals surface area contributed by atoms with Crippen molar-refractivity contribution >= 4 is 17.3 Å². The van der Waals surface area contributed by atoms with Crippen LogP contribution < -0.4 is 0 Å². The first-order chi connectivity index (χ1) is 21.1. The SMILES string of the molecule is C.C.C.CC1C(C)C(C)C2C(=O)CCC2C1C.CC1C(C)C(C)C2C(=O)CCCC2C1C.CC1C(C)C(C)C2C(=O)CCCCC2C1C. The Balaban J connectivity index is 0.000000350. The second-order valence-corrected chi connectivity index (χ2v) is 18.0. The van der Waals surface area contributed by atoms with Gasteiger partial charge in [-0.25, -0.2) is 0 Å². The second kappa shape index (κ2) is 18.5. The highest BCUT2D eigenvalue weighted by atomic mass is 16.1. The summed E-state index contributed by atoms with van der Waals surface area (Å²) in [6.45, 7) is 28.1. The summed E-state index contributed by atoms with van der Waals surface area (Å²) in [7, 11) is 0. The third-order valence-electron chi connectivity index (χ3n) is 16.6. The first-order valence-electron chi connectivity index (χ1n) is 19.7. The third kappa shape index (κ3) is 8.54. The first kappa shape index (κ1) is 45.0. The van der Waals surface area contributed by atoms with E-state index >= 15 is 0 Å². The van der Waals surface area contributed by atoms with Crippen molar-refractivity contribution in [3.05, 3.63) is 0 Å². The maximum atomic E-state index is 12.3. The predicted molar refractivity (Wildman–Crippen MR) is 208 cm³/mol. The van der Waals surface area contributed by atoms with Gasteiger partial charge in [0, 0.05) is 37.0 Å². The van der Waals surface area contributed by atoms with Crippen LogP contribution >= 0.6 is 0 Å². The van der Waals surface area contributed by atoms with Crippen molar-refractivity contribution in [2.24, 2.45) is 107 Å². The van der Waals surface area contributed by atoms with Crippen LogP contribution in [0, 0.1) is 107 Å². The minimum Gasteiger partial charge on any atom is -0.299 e. The van der Waals surface area contributed by atoms with E-state index < -0.39 is 0 Å². The van der Waals surface area contributed by atoms with Crippen molar-refractivity contribution in [1.82, 2.24) is 0 Å². The van der Waals surface area contributed by atoms with Crippen LogP contribution in [0.3, 0.4) is 0 Å². The maximum absolute atomic E-state index is 12.3. The van der Waals surface area contributed by atoms with Gasteiger partial charge in [-0.1, -0.05) is 112 Å². The highest BCUT2D eigenvalue weighted by Crippen LogP contribution is 2.52. The van der Waals surface area contributed by atoms with Gasteiger partial charge < -0.3 is 0 Å². The molecule has 3 nitrogen and oxygen atoms in total. The molecular weight excluding hydrogens is 588 g/mol. The molecule has 18 atom stereocenters. The number of hydrogen-bond donors (Lipinski definition) is 0. The van der Waals surface area contributed by atoms with Crippen LogP contribution in [0.5, 0.6) is 0 Å². The summed E-state index contributed by atoms with van der Waals surface area (Å²) in [6.07, 6.45) is 9.82. The fourth-order valence-electron chi connectivity index (χ4n) is 12.1. The summed E-state index contributed by atoms with van der Waals surface area (Å²) in [6, 6.07) is 0. The normalized spacial score (nSPS) is 48.1. The molecule has 282 valence electrons. The molecule has 48 heavy (non-hydrogen) atoms. The second-order valence-electron chi connectivity index (χ2n) is 18.0. The molecule has 6 aliphatic carbocycles. The van der Waals surface area contributed by atoms with Gasteiger partial charge in [0.2, 0.25) is 0 Å². The van der Waals surface area contributed by atoms with E-state index in [1.54, 1.807) is 0 Å². The zero-order valence-corrected chi connectivity index (χ0v) is 31.5. The van der Waals surface area contributed by atoms with E-state index in [1.165, 1.54) is 19.3 Å². The van der Waals surface area contributed by atoms with Crippen LogP contribution in [-0.4, -0.2) is 17.3 Å². The fourth-order valence-corrected chi connectivity index (χ4v) is 12.1. The molecule has 0 aromatic heterocycles. The molecular formula is C45H84O3. The van der Waals surface area contributed by atoms with E-state index in [2.05, 4.69) is 83.1 Å². The number of ketones is 3. The van der Waals surface area contributed by atoms with Crippen molar-refractivity contribution in [2.75, 3.05) is 0 Å². The molecule has 0 N–H and O–H groups in total. The van der Waals surface area contributed by atoms with E-state index in [0.717, 1.165) is 74.0 Å². The topological polar surface area (TPSA) is 51.2 Å². The van der Waals surface area contributed by atoms with Crippen molar-refractivity contribution in [2.45, 2.75) is 163 Å². The first-order valence-corrected chi connectivity index (χ1v) is 19.7. The Morgan fingerprint density at radius 2 is 0.583 bits per heavy atom. The van der Waals surface area contributed by atoms with Crippen LogP contribution in [0.1, 0.15) is 163 Å². The largest absolute Gasteiger partial charge is 0.299 e. The summed E-state index contributed by atoms with van der Waals surface area (Å²) >= 11 is 0. The molecule has 0 bridgehead atoms. The van der Waals surface area contributed by atoms with Crippen LogP contribution in [-0.2, 0) is 14.4 Å². The Kier molecular flexibility index (Phi) is 17.3. The highest BCUT2D eigenvalue weighted by molar-refractivity contribution is 5.84. The predicted octanol–water partition coefficient (Wildman–Crippen LogP) is 12.5. The molecule has 0 saturated heterocycles. The maximum Gasteiger partial charge on any atom is 0.136 e. The Bertz CT molecular complexity index is 1030. The summed E-state index contributed by atoms with van der Waals surface area (Å²) in [5, 5.41) is 0. The highest BCUT2D eigenvalue weighted by Gasteiger charge is 2.50. The number of Topliss-reactive ketones (excluding diaryl/α,β-unsaturated/α-hetero) is 3. The molecule has 0 amide bonds. The van der Waals surface area contributed by atoms with Crippen LogP contribution in [0.4, 0.5) is 0 Å². The minimum absolute atomic E-state index is 0. The summed E-state index contributed by atoms with van der Waals surface area (Å²) < 4.78 is 0. The molecule has 18 unspecified atom stereocenters. The summed E-state index contributed by atoms with van der Waals surface area (Å²) in [4.78, 5) is 36.1. The van der Waals surface area contributed by atoms with Gasteiger partial charge in [-0.3, -0.25) is 14.4 Å². The van der Waals surface area contributed by atoms with Crippen molar-refractivity contribution in [3.63, 3.8) is 0 Å². The number of rotatable bonds is 0. The summed E-state index contributed by atoms with van der Waals surface area (Å²) in [5.74, 6) is 13.4. The third-order valence-corrected chi connectivity index (χ3v) is 16.6. The number of fused-ring (bicyclic) bond motifs is 3. The Labute approximate surface area is 300 Å². The molecule has 0 aromatic carbocycles. The number of hydrogen-bond acceptors (Lipinski definition) is 3. The Morgan fingerprint density at radius 1 is 0.312 bits per heavy atom. The fraction of sp³-hybridized carbons (Fsp3) is 0.933. The molecule has 6 rings (SSSR count). The lowest BCUT2D eigenvalue weighted by Crippen LogP contribution is -2.47. The van der Waals surface area contributed by atoms with Crippen molar-refractivity contribution < 1.29 is 14.4 Å². The van der Waals surface area contributed by atoms with Gasteiger partial charge in [0.05, 0.1) is 0 Å². The lowest BCUT2D eigenvalue weighted by molar-refractivity contribution is -0.136. The van der Waals surface area contributed by atoms with Gasteiger partial charge in [-0.15, -0.1) is 0 Å². The molecule has 0 spiro atoms. The smallest absolute Gasteiger partial charge is 0.136 e. The number of carbonyl (C=O) groups is 3. The molecule has 6 saturated carbocycles. The van der Waals surface area contributed by atoms with Crippen LogP contribution in [0.25, 0.3) is 0 Å². The Morgan fingerprint density at radius 3 is 0.958 bits per heavy atom. The zero-order valence-electron chi connectivity index (χ0n) is 31.5. The molecule has 6 aliphatic rings. The van der Waals surface area contributed by atoms with E-state index in [4.69, 9.17) is 0 Å². The average molecular weight is 673 g/mol. The Hall–Kier alpha value is -0.990. The van der Waals surface area contributed by atoms with Gasteiger partial charge in [0.1, 0.15) is 17.3 Å². The monoisotopic (exact) mass is 673 g/mol. The standard InChI is InChI=1S/C15H26O.C14H24O.C13H22O.3CH4/c1-9-10(2)12(4)15-13(11(9)3)7-5-6-8-14(15)16;1-8-9(2)11(4)14-12(10(8)3)6-5-7-13(14)15;1-7-8(2)10(4)13-11(9(7)3)5-6-12(13)14;;;/h9-13,15H,5-8H2,1-4H3;8-12,14H,5-7H2,1-4H3;7-11,13H,5-6H2,1-4H3;3*1H4. The van der Waals surface area contributed by atoms with Gasteiger partial charge in [-0.05, 0) is 121 Å². The molecule has 0 radical (unpaired) electrons. The summed E-state index contributed by atoms with van der Waals surface area (Å²) in [5.41, 5.74) is 0. The minimum atomic E-state index is 0. The van der Waals surface area contributed by atoms with Crippen LogP contribution in [0.2, 0.25) is 0 Å². The zero-order chi connectivity index (χ0) is 33.5. The molecule has 3 heteroatoms. The lowest BCUT2D eigenvalue weighted by Gasteiger charge is -2.49. The van der Waals surface area contributed by atoms with Crippen molar-refractivity contribution in [3.8, 4) is 0 Å². The van der Waals surface area contributed by atoms with E-state index in [9.17, 15) is 14.4 Å². The van der Waals surface area contributed by atoms with Gasteiger partial charge in [0.25, 0.3) is 0 Å². The van der Waals surface area contributed by atoms with Gasteiger partial charge in [0.15, 0.2) is 0 Å². The molecule has 0 aromatic rings. The van der Waals surface area contributed by atoms with Crippen LogP contribution in [0.15, 0.2) is 0 Å². The van der Waals surface area contributed by atoms with E-state index in [-0.39, 0.29) is 22.3 Å². The van der Waals surface area contributed by atoms with E-state index in [1.807, 2.05) is 0 Å². The van der Waals surface area contributed by atoms with Gasteiger partial charge >= 0.3 is 0 Å². The number of carbonyl (C=O) groups excluding carboxylic acids is 3. The quantitative estimate of drug-likeness (QED) is 0.257. The van der Waals surface area contributed by atoms with E-state index in [0.29, 0.717) is 88.4 Å². The molecule has 0 heterocycles. The lowest BCUT2D eigenvalue weighted by atomic mass is 9.55. The van der Waals surface area contributed by atoms with Gasteiger partial charge in [-0.2, -0.15) is 0 Å².